The van der Waals surface area contributed by atoms with Gasteiger partial charge in [0.05, 0.1) is 11.8 Å². The van der Waals surface area contributed by atoms with Crippen LogP contribution in [0.25, 0.3) is 0 Å². The summed E-state index contributed by atoms with van der Waals surface area (Å²) in [5.74, 6) is 0. The lowest BCUT2D eigenvalue weighted by atomic mass is 10.1. The van der Waals surface area contributed by atoms with Crippen LogP contribution in [0.15, 0.2) is 35.3 Å². The van der Waals surface area contributed by atoms with Crippen molar-refractivity contribution >= 4 is 16.9 Å². The second-order valence-corrected chi connectivity index (χ2v) is 6.66. The summed E-state index contributed by atoms with van der Waals surface area (Å²) < 4.78 is 0. The number of nitrogens with one attached hydrogen (secondary N) is 1. The molecule has 1 saturated heterocycles. The van der Waals surface area contributed by atoms with Crippen molar-refractivity contribution in [2.24, 2.45) is 4.99 Å². The van der Waals surface area contributed by atoms with E-state index in [9.17, 15) is 0 Å². The first-order chi connectivity index (χ1) is 9.86. The molecular weight excluding hydrogens is 266 g/mol. The number of amidine groups is 1. The third-order valence-corrected chi connectivity index (χ3v) is 5.42. The summed E-state index contributed by atoms with van der Waals surface area (Å²) in [6, 6.07) is 11.4. The average molecular weight is 289 g/mol. The Bertz CT molecular complexity index is 460. The zero-order valence-electron chi connectivity index (χ0n) is 12.1. The number of aliphatic imine (C=N–C) groups is 1. The van der Waals surface area contributed by atoms with Gasteiger partial charge in [-0.25, -0.2) is 0 Å². The number of benzene rings is 1. The van der Waals surface area contributed by atoms with Crippen LogP contribution in [0.3, 0.4) is 0 Å². The highest BCUT2D eigenvalue weighted by atomic mass is 32.2. The van der Waals surface area contributed by atoms with E-state index in [0.29, 0.717) is 11.3 Å². The number of rotatable bonds is 4. The molecule has 0 aromatic heterocycles. The van der Waals surface area contributed by atoms with Crippen LogP contribution in [0.1, 0.15) is 30.6 Å². The number of likely N-dealkylation sites (tertiary alicyclic amines) is 1. The molecule has 2 aliphatic rings. The molecule has 0 spiro atoms. The average Bonchev–Trinajstić information content (AvgIpc) is 3.15. The standard InChI is InChI=1S/C16H23N3S/c1-2-19-10-6-9-14(19)11-17-16-18-12-15(20-16)13-7-4-3-5-8-13/h3-5,7-8,14-15H,2,6,9-12H2,1H3,(H,17,18). The molecule has 0 radical (unpaired) electrons. The fourth-order valence-corrected chi connectivity index (χ4v) is 4.09. The molecule has 108 valence electrons. The van der Waals surface area contributed by atoms with Crippen molar-refractivity contribution in [1.29, 1.82) is 0 Å². The minimum Gasteiger partial charge on any atom is -0.363 e. The van der Waals surface area contributed by atoms with E-state index < -0.39 is 0 Å². The van der Waals surface area contributed by atoms with E-state index in [-0.39, 0.29) is 0 Å². The van der Waals surface area contributed by atoms with Crippen LogP contribution in [0.4, 0.5) is 0 Å². The highest BCUT2D eigenvalue weighted by Gasteiger charge is 2.25. The number of likely N-dealkylation sites (N-methyl/N-ethyl adjacent to an activating group) is 1. The lowest BCUT2D eigenvalue weighted by molar-refractivity contribution is 0.267. The van der Waals surface area contributed by atoms with Crippen molar-refractivity contribution in [1.82, 2.24) is 10.2 Å². The Balaban J connectivity index is 1.48. The lowest BCUT2D eigenvalue weighted by Gasteiger charge is -2.23. The van der Waals surface area contributed by atoms with Gasteiger partial charge >= 0.3 is 0 Å². The Morgan fingerprint density at radius 1 is 1.35 bits per heavy atom. The minimum atomic E-state index is 0.490. The molecule has 2 heterocycles. The molecule has 0 amide bonds. The van der Waals surface area contributed by atoms with Gasteiger partial charge in [0.15, 0.2) is 5.17 Å². The predicted molar refractivity (Wildman–Crippen MR) is 87.3 cm³/mol. The smallest absolute Gasteiger partial charge is 0.157 e. The van der Waals surface area contributed by atoms with E-state index in [2.05, 4.69) is 52.5 Å². The molecular formula is C16H23N3S. The van der Waals surface area contributed by atoms with Gasteiger partial charge in [0.1, 0.15) is 0 Å². The van der Waals surface area contributed by atoms with Crippen molar-refractivity contribution in [2.75, 3.05) is 26.2 Å². The molecule has 2 unspecified atom stereocenters. The molecule has 0 bridgehead atoms. The molecule has 3 nitrogen and oxygen atoms in total. The van der Waals surface area contributed by atoms with Gasteiger partial charge in [0, 0.05) is 12.6 Å². The van der Waals surface area contributed by atoms with Gasteiger partial charge in [-0.05, 0) is 31.5 Å². The molecule has 1 aromatic carbocycles. The number of thioether (sulfide) groups is 1. The zero-order chi connectivity index (χ0) is 13.8. The van der Waals surface area contributed by atoms with E-state index in [0.717, 1.165) is 18.3 Å². The molecule has 1 fully saturated rings. The van der Waals surface area contributed by atoms with Crippen LogP contribution in [-0.2, 0) is 0 Å². The monoisotopic (exact) mass is 289 g/mol. The van der Waals surface area contributed by atoms with Gasteiger partial charge in [-0.1, -0.05) is 49.0 Å². The Morgan fingerprint density at radius 3 is 3.00 bits per heavy atom. The van der Waals surface area contributed by atoms with Crippen molar-refractivity contribution in [3.63, 3.8) is 0 Å². The van der Waals surface area contributed by atoms with E-state index in [1.165, 1.54) is 31.5 Å². The van der Waals surface area contributed by atoms with E-state index >= 15 is 0 Å². The van der Waals surface area contributed by atoms with Crippen molar-refractivity contribution < 1.29 is 0 Å². The zero-order valence-corrected chi connectivity index (χ0v) is 12.9. The highest BCUT2D eigenvalue weighted by molar-refractivity contribution is 8.14. The lowest BCUT2D eigenvalue weighted by Crippen LogP contribution is -2.39. The van der Waals surface area contributed by atoms with Gasteiger partial charge in [-0.2, -0.15) is 0 Å². The van der Waals surface area contributed by atoms with Gasteiger partial charge in [0.2, 0.25) is 0 Å². The SMILES string of the molecule is CCN1CCCC1CNC1=NCC(c2ccccc2)S1. The third kappa shape index (κ3) is 3.18. The summed E-state index contributed by atoms with van der Waals surface area (Å²) in [4.78, 5) is 7.23. The number of hydrogen-bond acceptors (Lipinski definition) is 4. The van der Waals surface area contributed by atoms with Crippen molar-refractivity contribution in [3.8, 4) is 0 Å². The second-order valence-electron chi connectivity index (χ2n) is 5.47. The maximum Gasteiger partial charge on any atom is 0.157 e. The summed E-state index contributed by atoms with van der Waals surface area (Å²) in [7, 11) is 0. The Labute approximate surface area is 125 Å². The van der Waals surface area contributed by atoms with Gasteiger partial charge in [-0.15, -0.1) is 0 Å². The second kappa shape index (κ2) is 6.64. The summed E-state index contributed by atoms with van der Waals surface area (Å²) >= 11 is 1.88. The largest absolute Gasteiger partial charge is 0.363 e. The molecule has 2 atom stereocenters. The van der Waals surface area contributed by atoms with Crippen LogP contribution in [0, 0.1) is 0 Å². The normalized spacial score (nSPS) is 26.8. The van der Waals surface area contributed by atoms with Crippen molar-refractivity contribution in [3.05, 3.63) is 35.9 Å². The predicted octanol–water partition coefficient (Wildman–Crippen LogP) is 2.90. The summed E-state index contributed by atoms with van der Waals surface area (Å²) in [5, 5.41) is 5.18. The third-order valence-electron chi connectivity index (χ3n) is 4.22. The molecule has 0 aliphatic carbocycles. The molecule has 3 rings (SSSR count). The minimum absolute atomic E-state index is 0.490. The van der Waals surface area contributed by atoms with Crippen LogP contribution >= 0.6 is 11.8 Å². The molecule has 20 heavy (non-hydrogen) atoms. The first-order valence-corrected chi connectivity index (χ1v) is 8.48. The Hall–Kier alpha value is -1.00. The summed E-state index contributed by atoms with van der Waals surface area (Å²) in [6.07, 6.45) is 2.66. The molecule has 4 heteroatoms. The topological polar surface area (TPSA) is 27.6 Å². The van der Waals surface area contributed by atoms with Gasteiger partial charge < -0.3 is 5.32 Å². The number of nitrogens with zero attached hydrogens (tertiary/aromatic N) is 2. The summed E-state index contributed by atoms with van der Waals surface area (Å²) in [6.45, 7) is 6.62. The summed E-state index contributed by atoms with van der Waals surface area (Å²) in [5.41, 5.74) is 1.38. The van der Waals surface area contributed by atoms with E-state index in [1.54, 1.807) is 0 Å². The Morgan fingerprint density at radius 2 is 2.20 bits per heavy atom. The molecule has 1 N–H and O–H groups in total. The first-order valence-electron chi connectivity index (χ1n) is 7.61. The van der Waals surface area contributed by atoms with Gasteiger partial charge in [0.25, 0.3) is 0 Å². The molecule has 2 aliphatic heterocycles. The number of hydrogen-bond donors (Lipinski definition) is 1. The highest BCUT2D eigenvalue weighted by Crippen LogP contribution is 2.34. The first kappa shape index (κ1) is 14.0. The van der Waals surface area contributed by atoms with Crippen LogP contribution in [0.5, 0.6) is 0 Å². The maximum atomic E-state index is 4.66. The van der Waals surface area contributed by atoms with Crippen LogP contribution < -0.4 is 5.32 Å². The van der Waals surface area contributed by atoms with Crippen LogP contribution in [0.2, 0.25) is 0 Å². The van der Waals surface area contributed by atoms with Gasteiger partial charge in [-0.3, -0.25) is 9.89 Å². The quantitative estimate of drug-likeness (QED) is 0.923. The van der Waals surface area contributed by atoms with Crippen molar-refractivity contribution in [2.45, 2.75) is 31.1 Å². The van der Waals surface area contributed by atoms with E-state index in [4.69, 9.17) is 0 Å². The Kier molecular flexibility index (Phi) is 4.63. The fraction of sp³-hybridized carbons (Fsp3) is 0.562. The van der Waals surface area contributed by atoms with E-state index in [1.807, 2.05) is 11.8 Å². The maximum absolute atomic E-state index is 4.66. The molecule has 1 aromatic rings. The molecule has 0 saturated carbocycles. The fourth-order valence-electron chi connectivity index (χ4n) is 3.06. The van der Waals surface area contributed by atoms with Crippen LogP contribution in [-0.4, -0.2) is 42.3 Å².